The van der Waals surface area contributed by atoms with E-state index in [4.69, 9.17) is 5.11 Å². The number of nitrogens with zero attached hydrogens (tertiary/aromatic N) is 2. The van der Waals surface area contributed by atoms with Crippen LogP contribution in [0.1, 0.15) is 67.5 Å². The lowest BCUT2D eigenvalue weighted by atomic mass is 10.1. The van der Waals surface area contributed by atoms with Gasteiger partial charge >= 0.3 is 5.97 Å². The van der Waals surface area contributed by atoms with Gasteiger partial charge in [0.2, 0.25) is 0 Å². The summed E-state index contributed by atoms with van der Waals surface area (Å²) >= 11 is 2.70. The lowest BCUT2D eigenvalue weighted by Crippen LogP contribution is -2.22. The summed E-state index contributed by atoms with van der Waals surface area (Å²) in [6, 6.07) is 0. The minimum Gasteiger partial charge on any atom is -0.476 e. The second-order valence-electron chi connectivity index (χ2n) is 5.56. The lowest BCUT2D eigenvalue weighted by molar-refractivity contribution is 0.0691. The van der Waals surface area contributed by atoms with E-state index in [-0.39, 0.29) is 18.1 Å². The zero-order valence-corrected chi connectivity index (χ0v) is 14.3. The Morgan fingerprint density at radius 3 is 2.74 bits per heavy atom. The molecule has 1 amide bonds. The fourth-order valence-electron chi connectivity index (χ4n) is 2.70. The predicted molar refractivity (Wildman–Crippen MR) is 88.3 cm³/mol. The number of thiazole rings is 2. The molecular formula is C15H17N3O3S2. The Balaban J connectivity index is 1.64. The van der Waals surface area contributed by atoms with Crippen molar-refractivity contribution in [1.29, 1.82) is 0 Å². The molecule has 0 atom stereocenters. The van der Waals surface area contributed by atoms with Crippen molar-refractivity contribution in [3.8, 4) is 0 Å². The minimum absolute atomic E-state index is 0.0109. The first-order valence-electron chi connectivity index (χ1n) is 7.48. The van der Waals surface area contributed by atoms with Crippen LogP contribution >= 0.6 is 22.7 Å². The van der Waals surface area contributed by atoms with Crippen molar-refractivity contribution in [2.75, 3.05) is 0 Å². The Labute approximate surface area is 141 Å². The monoisotopic (exact) mass is 351 g/mol. The molecule has 0 radical (unpaired) electrons. The molecule has 1 aliphatic carbocycles. The lowest BCUT2D eigenvalue weighted by Gasteiger charge is -2.02. The molecule has 0 aromatic carbocycles. The summed E-state index contributed by atoms with van der Waals surface area (Å²) in [6.45, 7) is 2.09. The van der Waals surface area contributed by atoms with Crippen molar-refractivity contribution >= 4 is 34.6 Å². The van der Waals surface area contributed by atoms with Crippen LogP contribution in [0.25, 0.3) is 0 Å². The van der Waals surface area contributed by atoms with E-state index in [2.05, 4.69) is 15.3 Å². The minimum atomic E-state index is -1.06. The highest BCUT2D eigenvalue weighted by molar-refractivity contribution is 7.14. The Morgan fingerprint density at radius 1 is 1.35 bits per heavy atom. The molecule has 23 heavy (non-hydrogen) atoms. The van der Waals surface area contributed by atoms with Crippen LogP contribution in [0.5, 0.6) is 0 Å². The Kier molecular flexibility index (Phi) is 4.72. The second-order valence-corrected chi connectivity index (χ2v) is 7.54. The van der Waals surface area contributed by atoms with Crippen LogP contribution in [0, 0.1) is 6.92 Å². The molecule has 122 valence electrons. The number of rotatable bonds is 5. The van der Waals surface area contributed by atoms with Gasteiger partial charge in [-0.2, -0.15) is 0 Å². The summed E-state index contributed by atoms with van der Waals surface area (Å²) in [4.78, 5) is 32.3. The second kappa shape index (κ2) is 6.76. The van der Waals surface area contributed by atoms with Crippen LogP contribution in [0.3, 0.4) is 0 Å². The van der Waals surface area contributed by atoms with Gasteiger partial charge in [0.1, 0.15) is 9.88 Å². The molecular weight excluding hydrogens is 334 g/mol. The highest BCUT2D eigenvalue weighted by atomic mass is 32.1. The topological polar surface area (TPSA) is 92.2 Å². The number of carboxylic acids is 1. The van der Waals surface area contributed by atoms with E-state index < -0.39 is 5.97 Å². The average molecular weight is 351 g/mol. The summed E-state index contributed by atoms with van der Waals surface area (Å²) in [5.41, 5.74) is 0.775. The molecule has 3 rings (SSSR count). The molecule has 0 spiro atoms. The highest BCUT2D eigenvalue weighted by Gasteiger charge is 2.23. The van der Waals surface area contributed by atoms with Gasteiger partial charge in [0.15, 0.2) is 5.69 Å². The molecule has 2 aromatic rings. The quantitative estimate of drug-likeness (QED) is 0.863. The van der Waals surface area contributed by atoms with Gasteiger partial charge in [0.05, 0.1) is 17.2 Å². The molecule has 1 fully saturated rings. The third-order valence-corrected chi connectivity index (χ3v) is 6.06. The number of aromatic carboxylic acids is 1. The molecule has 8 heteroatoms. The maximum atomic E-state index is 12.3. The molecule has 2 N–H and O–H groups in total. The van der Waals surface area contributed by atoms with Gasteiger partial charge in [-0.15, -0.1) is 22.7 Å². The molecule has 2 heterocycles. The van der Waals surface area contributed by atoms with Crippen molar-refractivity contribution in [2.24, 2.45) is 0 Å². The zero-order valence-electron chi connectivity index (χ0n) is 12.7. The van der Waals surface area contributed by atoms with Gasteiger partial charge in [-0.25, -0.2) is 14.8 Å². The first kappa shape index (κ1) is 16.1. The maximum Gasteiger partial charge on any atom is 0.355 e. The molecule has 2 aromatic heterocycles. The van der Waals surface area contributed by atoms with Gasteiger partial charge in [0, 0.05) is 11.3 Å². The van der Waals surface area contributed by atoms with Crippen LogP contribution in [-0.4, -0.2) is 27.0 Å². The molecule has 0 aliphatic heterocycles. The zero-order chi connectivity index (χ0) is 16.4. The number of hydrogen-bond donors (Lipinski definition) is 2. The number of hydrogen-bond acceptors (Lipinski definition) is 6. The fourth-order valence-corrected chi connectivity index (χ4v) is 4.56. The Hall–Kier alpha value is -1.80. The Bertz CT molecular complexity index is 732. The number of carbonyl (C=O) groups excluding carboxylic acids is 1. The third-order valence-electron chi connectivity index (χ3n) is 3.89. The molecule has 6 nitrogen and oxygen atoms in total. The van der Waals surface area contributed by atoms with E-state index >= 15 is 0 Å². The molecule has 1 saturated carbocycles. The van der Waals surface area contributed by atoms with E-state index in [9.17, 15) is 9.59 Å². The number of carboxylic acid groups (broad SMARTS) is 1. The molecule has 0 bridgehead atoms. The van der Waals surface area contributed by atoms with E-state index in [1.54, 1.807) is 0 Å². The largest absolute Gasteiger partial charge is 0.476 e. The van der Waals surface area contributed by atoms with Crippen LogP contribution < -0.4 is 5.32 Å². The standard InChI is InChI=1S/C15H17N3O3S2/c1-8-12(23-14(17-8)9-4-2-3-5-9)13(19)16-6-11-18-10(7-22-11)15(20)21/h7,9H,2-6H2,1H3,(H,16,19)(H,20,21). The fraction of sp³-hybridized carbons (Fsp3) is 0.467. The summed E-state index contributed by atoms with van der Waals surface area (Å²) in [7, 11) is 0. The van der Waals surface area contributed by atoms with Gasteiger partial charge in [-0.3, -0.25) is 4.79 Å². The van der Waals surface area contributed by atoms with E-state index in [0.29, 0.717) is 15.8 Å². The SMILES string of the molecule is Cc1nc(C2CCCC2)sc1C(=O)NCc1nc(C(=O)O)cs1. The van der Waals surface area contributed by atoms with Crippen molar-refractivity contribution in [3.05, 3.63) is 31.7 Å². The molecule has 0 saturated heterocycles. The number of aromatic nitrogens is 2. The number of carbonyl (C=O) groups is 2. The van der Waals surface area contributed by atoms with E-state index in [1.807, 2.05) is 6.92 Å². The predicted octanol–water partition coefficient (Wildman–Crippen LogP) is 3.19. The average Bonchev–Trinajstić information content (AvgIpc) is 3.24. The highest BCUT2D eigenvalue weighted by Crippen LogP contribution is 2.37. The number of nitrogens with one attached hydrogen (secondary N) is 1. The third kappa shape index (κ3) is 3.59. The van der Waals surface area contributed by atoms with Crippen LogP contribution in [0.2, 0.25) is 0 Å². The van der Waals surface area contributed by atoms with Crippen molar-refractivity contribution < 1.29 is 14.7 Å². The van der Waals surface area contributed by atoms with E-state index in [1.165, 1.54) is 40.9 Å². The summed E-state index contributed by atoms with van der Waals surface area (Å²) < 4.78 is 0. The van der Waals surface area contributed by atoms with Crippen molar-refractivity contribution in [1.82, 2.24) is 15.3 Å². The van der Waals surface area contributed by atoms with Crippen molar-refractivity contribution in [2.45, 2.75) is 45.1 Å². The van der Waals surface area contributed by atoms with Gasteiger partial charge < -0.3 is 10.4 Å². The van der Waals surface area contributed by atoms with Crippen LogP contribution in [0.15, 0.2) is 5.38 Å². The first-order chi connectivity index (χ1) is 11.0. The maximum absolute atomic E-state index is 12.3. The molecule has 1 aliphatic rings. The summed E-state index contributed by atoms with van der Waals surface area (Å²) in [6.07, 6.45) is 4.79. The summed E-state index contributed by atoms with van der Waals surface area (Å²) in [5.74, 6) is -0.730. The van der Waals surface area contributed by atoms with Gasteiger partial charge in [0.25, 0.3) is 5.91 Å². The number of aryl methyl sites for hydroxylation is 1. The van der Waals surface area contributed by atoms with Gasteiger partial charge in [-0.1, -0.05) is 12.8 Å². The van der Waals surface area contributed by atoms with Crippen molar-refractivity contribution in [3.63, 3.8) is 0 Å². The van der Waals surface area contributed by atoms with Crippen LogP contribution in [0.4, 0.5) is 0 Å². The summed E-state index contributed by atoms with van der Waals surface area (Å²) in [5, 5.41) is 14.8. The normalized spacial score (nSPS) is 15.0. The first-order valence-corrected chi connectivity index (χ1v) is 9.17. The van der Waals surface area contributed by atoms with Gasteiger partial charge in [-0.05, 0) is 19.8 Å². The van der Waals surface area contributed by atoms with Crippen LogP contribution in [-0.2, 0) is 6.54 Å². The molecule has 0 unspecified atom stereocenters. The van der Waals surface area contributed by atoms with E-state index in [0.717, 1.165) is 23.5 Å². The number of amides is 1. The smallest absolute Gasteiger partial charge is 0.355 e. The Morgan fingerprint density at radius 2 is 2.09 bits per heavy atom.